The standard InChI is InChI=1S/C10H9IO2.2ClH/c1-2-6-13-10(12)8-4-3-5-9(11)7-8;;/h2-5,7H,1,6H2;2*1H. The molecule has 0 spiro atoms. The molecule has 0 N–H and O–H groups in total. The van der Waals surface area contributed by atoms with Gasteiger partial charge in [-0.15, -0.1) is 24.8 Å². The van der Waals surface area contributed by atoms with Crippen molar-refractivity contribution in [3.8, 4) is 0 Å². The number of benzene rings is 1. The van der Waals surface area contributed by atoms with Crippen LogP contribution in [0.25, 0.3) is 0 Å². The molecule has 0 amide bonds. The third kappa shape index (κ3) is 6.02. The largest absolute Gasteiger partial charge is 0.458 e. The zero-order valence-electron chi connectivity index (χ0n) is 7.81. The molecule has 1 aromatic carbocycles. The SMILES string of the molecule is C=CCOC(=O)c1cccc(I)c1.Cl.Cl. The average Bonchev–Trinajstić information content (AvgIpc) is 2.14. The molecule has 0 aliphatic carbocycles. The molecule has 0 aliphatic rings. The highest BCUT2D eigenvalue weighted by Gasteiger charge is 2.05. The summed E-state index contributed by atoms with van der Waals surface area (Å²) >= 11 is 2.15. The van der Waals surface area contributed by atoms with Crippen LogP contribution in [-0.2, 0) is 4.74 Å². The fraction of sp³-hybridized carbons (Fsp3) is 0.100. The van der Waals surface area contributed by atoms with Crippen molar-refractivity contribution in [3.05, 3.63) is 46.1 Å². The maximum Gasteiger partial charge on any atom is 0.338 e. The lowest BCUT2D eigenvalue weighted by atomic mass is 10.2. The highest BCUT2D eigenvalue weighted by atomic mass is 127. The molecule has 0 saturated carbocycles. The molecule has 0 radical (unpaired) electrons. The van der Waals surface area contributed by atoms with Gasteiger partial charge in [-0.1, -0.05) is 18.7 Å². The first-order valence-corrected chi connectivity index (χ1v) is 4.85. The molecule has 0 atom stereocenters. The Hall–Kier alpha value is -0.260. The summed E-state index contributed by atoms with van der Waals surface area (Å²) in [5, 5.41) is 0. The Labute approximate surface area is 115 Å². The van der Waals surface area contributed by atoms with Gasteiger partial charge >= 0.3 is 5.97 Å². The topological polar surface area (TPSA) is 26.3 Å². The summed E-state index contributed by atoms with van der Waals surface area (Å²) in [6.45, 7) is 3.72. The van der Waals surface area contributed by atoms with E-state index >= 15 is 0 Å². The Morgan fingerprint density at radius 2 is 2.13 bits per heavy atom. The third-order valence-electron chi connectivity index (χ3n) is 1.39. The first-order chi connectivity index (χ1) is 6.24. The second kappa shape index (κ2) is 9.00. The number of hydrogen-bond acceptors (Lipinski definition) is 2. The van der Waals surface area contributed by atoms with Crippen molar-refractivity contribution in [2.24, 2.45) is 0 Å². The molecule has 84 valence electrons. The van der Waals surface area contributed by atoms with Gasteiger partial charge in [0.1, 0.15) is 6.61 Å². The van der Waals surface area contributed by atoms with Gasteiger partial charge in [-0.2, -0.15) is 0 Å². The molecule has 0 aliphatic heterocycles. The van der Waals surface area contributed by atoms with Crippen LogP contribution < -0.4 is 0 Å². The lowest BCUT2D eigenvalue weighted by molar-refractivity contribution is 0.0549. The molecule has 15 heavy (non-hydrogen) atoms. The fourth-order valence-electron chi connectivity index (χ4n) is 0.833. The number of hydrogen-bond donors (Lipinski definition) is 0. The van der Waals surface area contributed by atoms with Crippen LogP contribution in [0.3, 0.4) is 0 Å². The number of ether oxygens (including phenoxy) is 1. The second-order valence-electron chi connectivity index (χ2n) is 2.40. The quantitative estimate of drug-likeness (QED) is 0.468. The first kappa shape index (κ1) is 17.1. The second-order valence-corrected chi connectivity index (χ2v) is 3.64. The number of carbonyl (C=O) groups is 1. The normalized spacial score (nSPS) is 8.07. The van der Waals surface area contributed by atoms with E-state index in [0.717, 1.165) is 3.57 Å². The van der Waals surface area contributed by atoms with E-state index in [1.165, 1.54) is 0 Å². The van der Waals surface area contributed by atoms with Crippen molar-refractivity contribution in [1.82, 2.24) is 0 Å². The average molecular weight is 361 g/mol. The number of halogens is 3. The van der Waals surface area contributed by atoms with Crippen molar-refractivity contribution in [2.45, 2.75) is 0 Å². The molecule has 0 heterocycles. The van der Waals surface area contributed by atoms with E-state index in [2.05, 4.69) is 29.2 Å². The molecule has 1 rings (SSSR count). The minimum absolute atomic E-state index is 0. The summed E-state index contributed by atoms with van der Waals surface area (Å²) in [7, 11) is 0. The minimum Gasteiger partial charge on any atom is -0.458 e. The summed E-state index contributed by atoms with van der Waals surface area (Å²) in [5.41, 5.74) is 0.578. The van der Waals surface area contributed by atoms with Crippen molar-refractivity contribution >= 4 is 53.4 Å². The van der Waals surface area contributed by atoms with Crippen LogP contribution in [0.2, 0.25) is 0 Å². The summed E-state index contributed by atoms with van der Waals surface area (Å²) in [4.78, 5) is 11.3. The minimum atomic E-state index is -0.307. The Kier molecular flexibility index (Phi) is 10.3. The van der Waals surface area contributed by atoms with Gasteiger partial charge in [0.05, 0.1) is 5.56 Å². The van der Waals surface area contributed by atoms with Crippen LogP contribution in [0, 0.1) is 3.57 Å². The van der Waals surface area contributed by atoms with Crippen LogP contribution in [0.5, 0.6) is 0 Å². The van der Waals surface area contributed by atoms with Crippen LogP contribution >= 0.6 is 47.4 Å². The molecule has 2 nitrogen and oxygen atoms in total. The van der Waals surface area contributed by atoms with Gasteiger partial charge in [0, 0.05) is 3.57 Å². The molecular formula is C10H11Cl2IO2. The van der Waals surface area contributed by atoms with E-state index in [1.807, 2.05) is 12.1 Å². The smallest absolute Gasteiger partial charge is 0.338 e. The van der Waals surface area contributed by atoms with Gasteiger partial charge in [-0.25, -0.2) is 4.79 Å². The Morgan fingerprint density at radius 3 is 2.67 bits per heavy atom. The zero-order chi connectivity index (χ0) is 9.68. The van der Waals surface area contributed by atoms with Gasteiger partial charge in [0.2, 0.25) is 0 Å². The fourth-order valence-corrected chi connectivity index (χ4v) is 1.38. The number of carbonyl (C=O) groups excluding carboxylic acids is 1. The van der Waals surface area contributed by atoms with Crippen LogP contribution in [0.15, 0.2) is 36.9 Å². The lowest BCUT2D eigenvalue weighted by Crippen LogP contribution is -2.04. The van der Waals surface area contributed by atoms with E-state index in [1.54, 1.807) is 18.2 Å². The predicted octanol–water partition coefficient (Wildman–Crippen LogP) is 3.48. The monoisotopic (exact) mass is 360 g/mol. The molecule has 0 aromatic heterocycles. The molecule has 0 unspecified atom stereocenters. The summed E-state index contributed by atoms with van der Waals surface area (Å²) in [6.07, 6.45) is 1.55. The Balaban J connectivity index is 0. The van der Waals surface area contributed by atoms with Crippen LogP contribution in [0.1, 0.15) is 10.4 Å². The molecule has 5 heteroatoms. The highest BCUT2D eigenvalue weighted by Crippen LogP contribution is 2.08. The van der Waals surface area contributed by atoms with Crippen molar-refractivity contribution in [1.29, 1.82) is 0 Å². The van der Waals surface area contributed by atoms with Gasteiger partial charge in [-0.3, -0.25) is 0 Å². The summed E-state index contributed by atoms with van der Waals surface area (Å²) in [6, 6.07) is 7.26. The van der Waals surface area contributed by atoms with Crippen molar-refractivity contribution in [2.75, 3.05) is 6.61 Å². The first-order valence-electron chi connectivity index (χ1n) is 3.77. The van der Waals surface area contributed by atoms with E-state index in [-0.39, 0.29) is 37.4 Å². The van der Waals surface area contributed by atoms with Crippen molar-refractivity contribution < 1.29 is 9.53 Å². The van der Waals surface area contributed by atoms with E-state index in [4.69, 9.17) is 4.74 Å². The van der Waals surface area contributed by atoms with Crippen molar-refractivity contribution in [3.63, 3.8) is 0 Å². The van der Waals surface area contributed by atoms with Gasteiger partial charge in [-0.05, 0) is 40.8 Å². The maximum atomic E-state index is 11.3. The molecule has 0 bridgehead atoms. The van der Waals surface area contributed by atoms with E-state index in [0.29, 0.717) is 5.56 Å². The van der Waals surface area contributed by atoms with Crippen LogP contribution in [0.4, 0.5) is 0 Å². The zero-order valence-corrected chi connectivity index (χ0v) is 11.6. The summed E-state index contributed by atoms with van der Waals surface area (Å²) < 4.78 is 5.89. The predicted molar refractivity (Wildman–Crippen MR) is 74.1 cm³/mol. The molecule has 0 saturated heterocycles. The number of esters is 1. The Morgan fingerprint density at radius 1 is 1.47 bits per heavy atom. The maximum absolute atomic E-state index is 11.3. The highest BCUT2D eigenvalue weighted by molar-refractivity contribution is 14.1. The Bertz CT molecular complexity index is 329. The lowest BCUT2D eigenvalue weighted by Gasteiger charge is -2.01. The van der Waals surface area contributed by atoms with Gasteiger partial charge < -0.3 is 4.74 Å². The molecule has 0 fully saturated rings. The van der Waals surface area contributed by atoms with E-state index in [9.17, 15) is 4.79 Å². The van der Waals surface area contributed by atoms with Crippen LogP contribution in [-0.4, -0.2) is 12.6 Å². The number of rotatable bonds is 3. The molecule has 1 aromatic rings. The van der Waals surface area contributed by atoms with Gasteiger partial charge in [0.25, 0.3) is 0 Å². The molecular weight excluding hydrogens is 350 g/mol. The van der Waals surface area contributed by atoms with Gasteiger partial charge in [0.15, 0.2) is 0 Å². The summed E-state index contributed by atoms with van der Waals surface area (Å²) in [5.74, 6) is -0.307. The van der Waals surface area contributed by atoms with E-state index < -0.39 is 0 Å². The third-order valence-corrected chi connectivity index (χ3v) is 2.06.